The molecule has 0 unspecified atom stereocenters. The van der Waals surface area contributed by atoms with E-state index in [-0.39, 0.29) is 0 Å². The van der Waals surface area contributed by atoms with Gasteiger partial charge < -0.3 is 5.32 Å². The van der Waals surface area contributed by atoms with Crippen LogP contribution in [0.2, 0.25) is 5.02 Å². The zero-order chi connectivity index (χ0) is 8.55. The van der Waals surface area contributed by atoms with Crippen molar-refractivity contribution in [3.8, 4) is 0 Å². The van der Waals surface area contributed by atoms with Crippen molar-refractivity contribution in [3.05, 3.63) is 27.2 Å². The van der Waals surface area contributed by atoms with E-state index in [2.05, 4.69) is 27.3 Å². The maximum Gasteiger partial charge on any atom is 0.0596 e. The average molecular weight is 247 g/mol. The predicted octanol–water partition coefficient (Wildman–Crippen LogP) is 3.46. The molecule has 1 N–H and O–H groups in total. The molecule has 0 spiro atoms. The minimum Gasteiger partial charge on any atom is -0.384 e. The summed E-state index contributed by atoms with van der Waals surface area (Å²) < 4.78 is 1.00. The van der Waals surface area contributed by atoms with E-state index in [1.54, 1.807) is 0 Å². The third-order valence-corrected chi connectivity index (χ3v) is 3.47. The van der Waals surface area contributed by atoms with Gasteiger partial charge >= 0.3 is 0 Å². The lowest BCUT2D eigenvalue weighted by Gasteiger charge is -2.19. The first-order valence-electron chi connectivity index (χ1n) is 4.00. The Labute approximate surface area is 85.2 Å². The summed E-state index contributed by atoms with van der Waals surface area (Å²) in [7, 11) is 0. The Kier molecular flexibility index (Phi) is 2.28. The number of nitrogens with one attached hydrogen (secondary N) is 1. The van der Waals surface area contributed by atoms with Crippen molar-refractivity contribution in [3.63, 3.8) is 0 Å². The Morgan fingerprint density at radius 1 is 1.42 bits per heavy atom. The van der Waals surface area contributed by atoms with Gasteiger partial charge in [-0.2, -0.15) is 0 Å². The highest BCUT2D eigenvalue weighted by Gasteiger charge is 2.12. The highest BCUT2D eigenvalue weighted by atomic mass is 79.9. The van der Waals surface area contributed by atoms with Crippen LogP contribution in [0.3, 0.4) is 0 Å². The number of halogens is 2. The second-order valence-electron chi connectivity index (χ2n) is 2.93. The second kappa shape index (κ2) is 3.27. The summed E-state index contributed by atoms with van der Waals surface area (Å²) in [5.74, 6) is 0. The predicted molar refractivity (Wildman–Crippen MR) is 56.0 cm³/mol. The van der Waals surface area contributed by atoms with Gasteiger partial charge in [-0.1, -0.05) is 17.7 Å². The van der Waals surface area contributed by atoms with Gasteiger partial charge in [0.2, 0.25) is 0 Å². The lowest BCUT2D eigenvalue weighted by Crippen LogP contribution is -2.12. The van der Waals surface area contributed by atoms with E-state index in [1.807, 2.05) is 6.07 Å². The molecule has 64 valence electrons. The summed E-state index contributed by atoms with van der Waals surface area (Å²) in [5.41, 5.74) is 2.53. The quantitative estimate of drug-likeness (QED) is 0.739. The number of aryl methyl sites for hydroxylation is 1. The van der Waals surface area contributed by atoms with Gasteiger partial charge in [-0.15, -0.1) is 0 Å². The summed E-state index contributed by atoms with van der Waals surface area (Å²) in [6.07, 6.45) is 2.36. The fourth-order valence-electron chi connectivity index (χ4n) is 1.48. The Morgan fingerprint density at radius 2 is 2.25 bits per heavy atom. The molecule has 0 bridgehead atoms. The second-order valence-corrected chi connectivity index (χ2v) is 4.13. The van der Waals surface area contributed by atoms with Gasteiger partial charge in [0, 0.05) is 6.54 Å². The summed E-state index contributed by atoms with van der Waals surface area (Å²) in [5, 5.41) is 4.12. The molecule has 0 radical (unpaired) electrons. The van der Waals surface area contributed by atoms with Gasteiger partial charge in [0.05, 0.1) is 15.2 Å². The lowest BCUT2D eigenvalue weighted by molar-refractivity contribution is 0.829. The van der Waals surface area contributed by atoms with Crippen LogP contribution in [0, 0.1) is 0 Å². The van der Waals surface area contributed by atoms with E-state index in [0.29, 0.717) is 0 Å². The maximum atomic E-state index is 5.96. The third kappa shape index (κ3) is 1.34. The molecule has 3 heteroatoms. The van der Waals surface area contributed by atoms with E-state index in [9.17, 15) is 0 Å². The molecular weight excluding hydrogens is 237 g/mol. The molecule has 1 aromatic carbocycles. The van der Waals surface area contributed by atoms with E-state index in [0.717, 1.165) is 22.5 Å². The van der Waals surface area contributed by atoms with Gasteiger partial charge in [-0.3, -0.25) is 0 Å². The molecule has 0 aromatic heterocycles. The van der Waals surface area contributed by atoms with Crippen LogP contribution in [-0.4, -0.2) is 6.54 Å². The van der Waals surface area contributed by atoms with Crippen LogP contribution in [0.5, 0.6) is 0 Å². The van der Waals surface area contributed by atoms with Crippen molar-refractivity contribution in [2.24, 2.45) is 0 Å². The highest BCUT2D eigenvalue weighted by Crippen LogP contribution is 2.35. The topological polar surface area (TPSA) is 12.0 Å². The number of hydrogen-bond donors (Lipinski definition) is 1. The number of fused-ring (bicyclic) bond motifs is 1. The molecule has 1 aliphatic heterocycles. The summed E-state index contributed by atoms with van der Waals surface area (Å²) in [6, 6.07) is 4.03. The fourth-order valence-corrected chi connectivity index (χ4v) is 2.17. The van der Waals surface area contributed by atoms with Crippen LogP contribution < -0.4 is 5.32 Å². The molecule has 12 heavy (non-hydrogen) atoms. The van der Waals surface area contributed by atoms with Crippen LogP contribution in [-0.2, 0) is 6.42 Å². The van der Waals surface area contributed by atoms with Crippen LogP contribution in [0.15, 0.2) is 16.6 Å². The third-order valence-electron chi connectivity index (χ3n) is 2.11. The Morgan fingerprint density at radius 3 is 3.08 bits per heavy atom. The molecule has 1 heterocycles. The molecule has 0 fully saturated rings. The molecule has 0 atom stereocenters. The van der Waals surface area contributed by atoms with Crippen LogP contribution in [0.1, 0.15) is 12.0 Å². The zero-order valence-corrected chi connectivity index (χ0v) is 8.87. The van der Waals surface area contributed by atoms with Crippen molar-refractivity contribution in [2.75, 3.05) is 11.9 Å². The first kappa shape index (κ1) is 8.39. The average Bonchev–Trinajstić information content (AvgIpc) is 2.12. The van der Waals surface area contributed by atoms with E-state index >= 15 is 0 Å². The van der Waals surface area contributed by atoms with Crippen LogP contribution in [0.4, 0.5) is 5.69 Å². The molecule has 0 aliphatic carbocycles. The van der Waals surface area contributed by atoms with Crippen molar-refractivity contribution < 1.29 is 0 Å². The summed E-state index contributed by atoms with van der Waals surface area (Å²) in [6.45, 7) is 1.05. The molecule has 1 aliphatic rings. The normalized spacial score (nSPS) is 15.2. The van der Waals surface area contributed by atoms with Crippen molar-refractivity contribution in [1.29, 1.82) is 0 Å². The lowest BCUT2D eigenvalue weighted by atomic mass is 10.0. The van der Waals surface area contributed by atoms with Crippen molar-refractivity contribution in [2.45, 2.75) is 12.8 Å². The van der Waals surface area contributed by atoms with Crippen LogP contribution in [0.25, 0.3) is 0 Å². The number of rotatable bonds is 0. The van der Waals surface area contributed by atoms with Crippen LogP contribution >= 0.6 is 27.5 Å². The first-order chi connectivity index (χ1) is 5.79. The monoisotopic (exact) mass is 245 g/mol. The maximum absolute atomic E-state index is 5.96. The Balaban J connectivity index is 2.54. The highest BCUT2D eigenvalue weighted by molar-refractivity contribution is 9.10. The Hall–Kier alpha value is -0.210. The van der Waals surface area contributed by atoms with Gasteiger partial charge in [0.1, 0.15) is 0 Å². The SMILES string of the molecule is Clc1ccc2c(c1Br)NCCC2. The number of benzene rings is 1. The molecule has 0 amide bonds. The largest absolute Gasteiger partial charge is 0.384 e. The molecule has 0 saturated heterocycles. The van der Waals surface area contributed by atoms with Gasteiger partial charge in [-0.05, 0) is 40.4 Å². The standard InChI is InChI=1S/C9H9BrClN/c10-8-7(11)4-3-6-2-1-5-12-9(6)8/h3-4,12H,1-2,5H2. The van der Waals surface area contributed by atoms with E-state index in [4.69, 9.17) is 11.6 Å². The zero-order valence-electron chi connectivity index (χ0n) is 6.53. The smallest absolute Gasteiger partial charge is 0.0596 e. The fraction of sp³-hybridized carbons (Fsp3) is 0.333. The molecule has 1 nitrogen and oxygen atoms in total. The molecule has 0 saturated carbocycles. The molecular formula is C9H9BrClN. The molecule has 1 aromatic rings. The molecule has 2 rings (SSSR count). The van der Waals surface area contributed by atoms with Gasteiger partial charge in [0.25, 0.3) is 0 Å². The van der Waals surface area contributed by atoms with Crippen molar-refractivity contribution in [1.82, 2.24) is 0 Å². The minimum absolute atomic E-state index is 0.781. The number of hydrogen-bond acceptors (Lipinski definition) is 1. The number of anilines is 1. The van der Waals surface area contributed by atoms with Crippen molar-refractivity contribution >= 4 is 33.2 Å². The first-order valence-corrected chi connectivity index (χ1v) is 5.17. The summed E-state index contributed by atoms with van der Waals surface area (Å²) >= 11 is 9.43. The Bertz CT molecular complexity index is 312. The van der Waals surface area contributed by atoms with E-state index in [1.165, 1.54) is 17.7 Å². The van der Waals surface area contributed by atoms with Gasteiger partial charge in [-0.25, -0.2) is 0 Å². The van der Waals surface area contributed by atoms with E-state index < -0.39 is 0 Å². The minimum atomic E-state index is 0.781. The van der Waals surface area contributed by atoms with Gasteiger partial charge in [0.15, 0.2) is 0 Å². The summed E-state index contributed by atoms with van der Waals surface area (Å²) in [4.78, 5) is 0.